The van der Waals surface area contributed by atoms with Crippen LogP contribution in [0.25, 0.3) is 11.0 Å². The topological polar surface area (TPSA) is 83.0 Å². The number of nitrogens with zero attached hydrogens (tertiary/aromatic N) is 1. The maximum Gasteiger partial charge on any atom is 0.341 e. The first kappa shape index (κ1) is 9.32. The third kappa shape index (κ3) is 1.45. The maximum absolute atomic E-state index is 12.8. The fourth-order valence-electron chi connectivity index (χ4n) is 1.24. The van der Waals surface area contributed by atoms with Gasteiger partial charge in [0, 0.05) is 6.20 Å². The molecule has 2 N–H and O–H groups in total. The molecule has 2 rings (SSSR count). The number of halogens is 1. The van der Waals surface area contributed by atoms with E-state index >= 15 is 0 Å². The number of hydrogen-bond acceptors (Lipinski definition) is 3. The largest absolute Gasteiger partial charge is 0.477 e. The van der Waals surface area contributed by atoms with Crippen LogP contribution < -0.4 is 5.43 Å². The maximum atomic E-state index is 12.8. The van der Waals surface area contributed by atoms with Crippen molar-refractivity contribution in [1.29, 1.82) is 0 Å². The van der Waals surface area contributed by atoms with Gasteiger partial charge < -0.3 is 10.1 Å². The van der Waals surface area contributed by atoms with Crippen LogP contribution in [0, 0.1) is 5.82 Å². The molecule has 2 aromatic heterocycles. The second-order valence-corrected chi connectivity index (χ2v) is 2.89. The zero-order valence-electron chi connectivity index (χ0n) is 7.32. The molecule has 0 unspecified atom stereocenters. The van der Waals surface area contributed by atoms with Crippen molar-refractivity contribution in [3.8, 4) is 0 Å². The second-order valence-electron chi connectivity index (χ2n) is 2.89. The number of carbonyl (C=O) groups is 1. The zero-order valence-corrected chi connectivity index (χ0v) is 7.32. The van der Waals surface area contributed by atoms with Crippen molar-refractivity contribution in [1.82, 2.24) is 9.97 Å². The summed E-state index contributed by atoms with van der Waals surface area (Å²) < 4.78 is 12.8. The highest BCUT2D eigenvalue weighted by atomic mass is 19.1. The van der Waals surface area contributed by atoms with Crippen LogP contribution in [0.5, 0.6) is 0 Å². The number of carboxylic acid groups (broad SMARTS) is 1. The minimum Gasteiger partial charge on any atom is -0.477 e. The first-order valence-electron chi connectivity index (χ1n) is 4.00. The molecule has 0 fully saturated rings. The van der Waals surface area contributed by atoms with Crippen LogP contribution in [-0.4, -0.2) is 21.0 Å². The van der Waals surface area contributed by atoms with E-state index in [1.165, 1.54) is 0 Å². The average molecular weight is 208 g/mol. The average Bonchev–Trinajstić information content (AvgIpc) is 2.19. The predicted molar refractivity (Wildman–Crippen MR) is 49.3 cm³/mol. The van der Waals surface area contributed by atoms with Gasteiger partial charge in [-0.25, -0.2) is 14.2 Å². The van der Waals surface area contributed by atoms with E-state index in [2.05, 4.69) is 9.97 Å². The van der Waals surface area contributed by atoms with Gasteiger partial charge in [-0.3, -0.25) is 4.79 Å². The summed E-state index contributed by atoms with van der Waals surface area (Å²) in [5.41, 5.74) is -1.02. The van der Waals surface area contributed by atoms with Crippen molar-refractivity contribution in [2.24, 2.45) is 0 Å². The summed E-state index contributed by atoms with van der Waals surface area (Å²) in [4.78, 5) is 28.3. The Labute approximate surface area is 82.2 Å². The number of carboxylic acids is 1. The quantitative estimate of drug-likeness (QED) is 0.724. The van der Waals surface area contributed by atoms with E-state index in [0.717, 1.165) is 18.5 Å². The summed E-state index contributed by atoms with van der Waals surface area (Å²) >= 11 is 0. The minimum absolute atomic E-state index is 0.0742. The molecular weight excluding hydrogens is 203 g/mol. The third-order valence-electron chi connectivity index (χ3n) is 1.93. The highest BCUT2D eigenvalue weighted by Gasteiger charge is 2.12. The standard InChI is InChI=1S/C9H5FN2O3/c10-4-1-5-7(13)6(9(14)15)3-12-8(5)11-2-4/h1-3H,(H,14,15)(H,11,12,13). The number of rotatable bonds is 1. The summed E-state index contributed by atoms with van der Waals surface area (Å²) in [6, 6.07) is 0.952. The van der Waals surface area contributed by atoms with E-state index in [-0.39, 0.29) is 11.0 Å². The molecule has 15 heavy (non-hydrogen) atoms. The lowest BCUT2D eigenvalue weighted by Gasteiger charge is -1.98. The predicted octanol–water partition coefficient (Wildman–Crippen LogP) is 0.760. The normalized spacial score (nSPS) is 10.5. The van der Waals surface area contributed by atoms with Gasteiger partial charge >= 0.3 is 5.97 Å². The highest BCUT2D eigenvalue weighted by Crippen LogP contribution is 2.06. The Morgan fingerprint density at radius 3 is 2.93 bits per heavy atom. The van der Waals surface area contributed by atoms with Gasteiger partial charge in [0.1, 0.15) is 17.0 Å². The number of hydrogen-bond donors (Lipinski definition) is 2. The molecule has 0 aliphatic heterocycles. The van der Waals surface area contributed by atoms with Gasteiger partial charge in [0.05, 0.1) is 11.6 Å². The van der Waals surface area contributed by atoms with Crippen LogP contribution in [0.15, 0.2) is 23.3 Å². The number of nitrogens with one attached hydrogen (secondary N) is 1. The van der Waals surface area contributed by atoms with Crippen LogP contribution in [-0.2, 0) is 0 Å². The van der Waals surface area contributed by atoms with Crippen LogP contribution >= 0.6 is 0 Å². The van der Waals surface area contributed by atoms with Gasteiger partial charge in [0.15, 0.2) is 0 Å². The monoisotopic (exact) mass is 208 g/mol. The molecule has 0 saturated carbocycles. The Morgan fingerprint density at radius 1 is 1.53 bits per heavy atom. The Hall–Kier alpha value is -2.24. The Bertz CT molecular complexity index is 606. The molecule has 76 valence electrons. The molecule has 2 aromatic rings. The number of pyridine rings is 2. The summed E-state index contributed by atoms with van der Waals surface area (Å²) in [5.74, 6) is -2.04. The molecular formula is C9H5FN2O3. The third-order valence-corrected chi connectivity index (χ3v) is 1.93. The van der Waals surface area contributed by atoms with E-state index in [1.54, 1.807) is 0 Å². The molecule has 0 atom stereocenters. The van der Waals surface area contributed by atoms with Crippen LogP contribution in [0.2, 0.25) is 0 Å². The van der Waals surface area contributed by atoms with Gasteiger partial charge in [-0.2, -0.15) is 0 Å². The van der Waals surface area contributed by atoms with Crippen molar-refractivity contribution in [2.45, 2.75) is 0 Å². The summed E-state index contributed by atoms with van der Waals surface area (Å²) in [6.45, 7) is 0. The molecule has 0 spiro atoms. The van der Waals surface area contributed by atoms with Crippen molar-refractivity contribution >= 4 is 17.0 Å². The van der Waals surface area contributed by atoms with E-state index in [1.807, 2.05) is 0 Å². The van der Waals surface area contributed by atoms with Crippen molar-refractivity contribution in [3.05, 3.63) is 40.1 Å². The first-order valence-corrected chi connectivity index (χ1v) is 4.00. The Morgan fingerprint density at radius 2 is 2.27 bits per heavy atom. The van der Waals surface area contributed by atoms with Gasteiger partial charge in [-0.1, -0.05) is 0 Å². The number of aromatic amines is 1. The van der Waals surface area contributed by atoms with Gasteiger partial charge in [0.25, 0.3) is 0 Å². The van der Waals surface area contributed by atoms with E-state index < -0.39 is 22.8 Å². The smallest absolute Gasteiger partial charge is 0.341 e. The van der Waals surface area contributed by atoms with E-state index in [0.29, 0.717) is 0 Å². The minimum atomic E-state index is -1.36. The summed E-state index contributed by atoms with van der Waals surface area (Å²) in [5, 5.41) is 8.59. The molecule has 0 aromatic carbocycles. The molecule has 0 radical (unpaired) electrons. The van der Waals surface area contributed by atoms with Crippen molar-refractivity contribution in [3.63, 3.8) is 0 Å². The molecule has 0 saturated heterocycles. The Balaban J connectivity index is 2.89. The number of fused-ring (bicyclic) bond motifs is 1. The van der Waals surface area contributed by atoms with Crippen LogP contribution in [0.3, 0.4) is 0 Å². The van der Waals surface area contributed by atoms with Gasteiger partial charge in [0.2, 0.25) is 5.43 Å². The molecule has 6 heteroatoms. The molecule has 0 amide bonds. The van der Waals surface area contributed by atoms with Crippen LogP contribution in [0.1, 0.15) is 10.4 Å². The Kier molecular flexibility index (Phi) is 1.96. The summed E-state index contributed by atoms with van der Waals surface area (Å²) in [6.07, 6.45) is 1.98. The molecule has 2 heterocycles. The zero-order chi connectivity index (χ0) is 11.0. The molecule has 5 nitrogen and oxygen atoms in total. The number of H-pyrrole nitrogens is 1. The first-order chi connectivity index (χ1) is 7.09. The fourth-order valence-corrected chi connectivity index (χ4v) is 1.24. The van der Waals surface area contributed by atoms with Gasteiger partial charge in [-0.05, 0) is 6.07 Å². The second kappa shape index (κ2) is 3.16. The van der Waals surface area contributed by atoms with Crippen molar-refractivity contribution < 1.29 is 14.3 Å². The number of aromatic nitrogens is 2. The lowest BCUT2D eigenvalue weighted by molar-refractivity contribution is 0.0695. The SMILES string of the molecule is O=C(O)c1c[nH]c2ncc(F)cc2c1=O. The lowest BCUT2D eigenvalue weighted by Crippen LogP contribution is -2.15. The fraction of sp³-hybridized carbons (Fsp3) is 0. The summed E-state index contributed by atoms with van der Waals surface area (Å²) in [7, 11) is 0. The highest BCUT2D eigenvalue weighted by molar-refractivity contribution is 5.91. The van der Waals surface area contributed by atoms with E-state index in [9.17, 15) is 14.0 Å². The molecule has 0 aliphatic carbocycles. The molecule has 0 aliphatic rings. The number of aromatic carboxylic acids is 1. The van der Waals surface area contributed by atoms with Crippen molar-refractivity contribution in [2.75, 3.05) is 0 Å². The van der Waals surface area contributed by atoms with E-state index in [4.69, 9.17) is 5.11 Å². The van der Waals surface area contributed by atoms with Crippen LogP contribution in [0.4, 0.5) is 4.39 Å². The van der Waals surface area contributed by atoms with Gasteiger partial charge in [-0.15, -0.1) is 0 Å². The lowest BCUT2D eigenvalue weighted by atomic mass is 10.2. The molecule has 0 bridgehead atoms.